The van der Waals surface area contributed by atoms with Gasteiger partial charge in [-0.3, -0.25) is 0 Å². The number of rotatable bonds is 52. The van der Waals surface area contributed by atoms with Crippen molar-refractivity contribution in [2.45, 2.75) is 285 Å². The van der Waals surface area contributed by atoms with E-state index in [-0.39, 0.29) is 6.61 Å². The van der Waals surface area contributed by atoms with E-state index >= 15 is 0 Å². The number of benzene rings is 4. The average Bonchev–Trinajstić information content (AvgIpc) is 1.59. The highest BCUT2D eigenvalue weighted by Gasteiger charge is 2.27. The molecule has 8 bridgehead atoms. The normalized spacial score (nSPS) is 14.2. The van der Waals surface area contributed by atoms with Crippen molar-refractivity contribution in [3.05, 3.63) is 78.9 Å². The van der Waals surface area contributed by atoms with Crippen molar-refractivity contribution in [2.75, 3.05) is 52.9 Å². The van der Waals surface area contributed by atoms with Gasteiger partial charge in [0.2, 0.25) is 0 Å². The van der Waals surface area contributed by atoms with Crippen LogP contribution in [0.2, 0.25) is 0 Å². The second kappa shape index (κ2) is 44.8. The van der Waals surface area contributed by atoms with E-state index in [0.717, 1.165) is 175 Å². The molecular formula is C99H148N4O9. The van der Waals surface area contributed by atoms with E-state index in [4.69, 9.17) is 43.1 Å². The van der Waals surface area contributed by atoms with Crippen LogP contribution in [0.25, 0.3) is 88.6 Å². The topological polar surface area (TPSA) is 162 Å². The molecule has 3 aromatic heterocycles. The minimum Gasteiger partial charge on any atom is -0.491 e. The molecule has 0 spiro atoms. The number of aromatic nitrogens is 4. The number of ether oxygens (including phenoxy) is 7. The molecule has 4 N–H and O–H groups in total. The Morgan fingerprint density at radius 3 is 0.768 bits per heavy atom. The highest BCUT2D eigenvalue weighted by molar-refractivity contribution is 6.12. The fourth-order valence-corrected chi connectivity index (χ4v) is 15.8. The van der Waals surface area contributed by atoms with Crippen molar-refractivity contribution in [1.82, 2.24) is 19.9 Å². The number of aromatic amines is 2. The summed E-state index contributed by atoms with van der Waals surface area (Å²) in [5.74, 6) is 12.0. The van der Waals surface area contributed by atoms with Crippen molar-refractivity contribution < 1.29 is 43.4 Å². The Bertz CT molecular complexity index is 4180. The highest BCUT2D eigenvalue weighted by atomic mass is 16.5. The molecule has 0 saturated carbocycles. The number of H-pyrrole nitrogens is 2. The second-order valence-corrected chi connectivity index (χ2v) is 37.0. The van der Waals surface area contributed by atoms with Gasteiger partial charge >= 0.3 is 0 Å². The van der Waals surface area contributed by atoms with Gasteiger partial charge in [0.25, 0.3) is 0 Å². The molecule has 0 radical (unpaired) electrons. The molecule has 5 heterocycles. The molecule has 0 fully saturated rings. The second-order valence-electron chi connectivity index (χ2n) is 37.0. The molecule has 112 heavy (non-hydrogen) atoms. The molecule has 2 aliphatic rings. The van der Waals surface area contributed by atoms with Gasteiger partial charge in [-0.15, -0.1) is 0 Å². The van der Waals surface area contributed by atoms with Crippen LogP contribution in [-0.4, -0.2) is 89.1 Å². The van der Waals surface area contributed by atoms with Gasteiger partial charge in [-0.25, -0.2) is 9.97 Å². The lowest BCUT2D eigenvalue weighted by Crippen LogP contribution is -2.21. The third kappa shape index (κ3) is 27.6. The maximum absolute atomic E-state index is 10.6. The Hall–Kier alpha value is -6.96. The number of hydrogen-bond donors (Lipinski definition) is 4. The van der Waals surface area contributed by atoms with Crippen molar-refractivity contribution in [2.24, 2.45) is 71.0 Å². The Balaban J connectivity index is 1.31. The van der Waals surface area contributed by atoms with Gasteiger partial charge in [0, 0.05) is 65.9 Å². The van der Waals surface area contributed by atoms with Gasteiger partial charge < -0.3 is 53.3 Å². The third-order valence-corrected chi connectivity index (χ3v) is 23.4. The maximum Gasteiger partial charge on any atom is 0.161 e. The number of aliphatic hydroxyl groups is 2. The number of nitrogens with zero attached hydrogens (tertiary/aromatic N) is 2. The third-order valence-electron chi connectivity index (χ3n) is 23.4. The Morgan fingerprint density at radius 1 is 0.277 bits per heavy atom. The molecule has 7 atom stereocenters. The van der Waals surface area contributed by atoms with Crippen LogP contribution in [0.1, 0.15) is 279 Å². The minimum absolute atomic E-state index is 0.0719. The summed E-state index contributed by atoms with van der Waals surface area (Å²) in [4.78, 5) is 19.4. The van der Waals surface area contributed by atoms with E-state index in [1.165, 1.54) is 96.3 Å². The van der Waals surface area contributed by atoms with Gasteiger partial charge in [0.1, 0.15) is 18.5 Å². The van der Waals surface area contributed by atoms with Crippen LogP contribution in [0.15, 0.2) is 78.9 Å². The summed E-state index contributed by atoms with van der Waals surface area (Å²) in [6.07, 6.45) is 26.1. The van der Waals surface area contributed by atoms with Gasteiger partial charge in [-0.05, 0) is 188 Å². The molecule has 0 aliphatic carbocycles. The Morgan fingerprint density at radius 2 is 0.518 bits per heavy atom. The van der Waals surface area contributed by atoms with Crippen LogP contribution in [-0.2, 0) is 0 Å². The van der Waals surface area contributed by atoms with Gasteiger partial charge in [0.15, 0.2) is 34.5 Å². The molecule has 13 nitrogen and oxygen atoms in total. The largest absolute Gasteiger partial charge is 0.491 e. The first-order valence-corrected chi connectivity index (χ1v) is 44.5. The SMILES string of the molecule is CC(C)CCC[C@H](C)CCOc1cc2c(cc1OCC[C@@H](C)CCCC(C)C)-c1cc3[nH]c(cc4nc(cc5[nH]c(cc-2n1)c1cc(OCC[C@@H](C)CCCC(C)C)c(OCC[C@@H](C)CCCC(C)C)cc51)-c1ccc(OCC(O)CO)cc1-4)c1cc(OCC[C@@H](C)CCCC(C)C)c(OCC[C@@H](C)CCCC(C)C)cc31. The summed E-state index contributed by atoms with van der Waals surface area (Å²) in [5, 5.41) is 24.3. The standard InChI is InChI=1S/C99H148N4O9/c1-64(2)25-19-31-70(13)39-45-106-94-52-80-81(53-95(94)107-46-40-71(14)32-20-26-65(3)4)90-60-92-84-56-98(110-49-43-74(17)35-23-29-68(9)10)99(111-50-44-75(18)36-24-30-69(11)12)57-85(84)93(103-92)61-91-83-55-97(109-48-42-73(16)34-22-28-67(7)8)96(108-47-41-72(15)33-21-27-66(5)6)54-82(83)89(102-91)59-87-79-51-77(112-63-76(105)62-104)37-38-78(79)86(100-87)58-88(80)101-90/h37-38,51-61,64-76,101-102,104-105H,19-36,39-50,62-63H2,1-18H3/t70-,71-,72-,73-,74-,75-,76?/m0/s1. The summed E-state index contributed by atoms with van der Waals surface area (Å²) >= 11 is 0. The Kier molecular flexibility index (Phi) is 35.6. The van der Waals surface area contributed by atoms with Crippen LogP contribution in [0, 0.1) is 71.0 Å². The summed E-state index contributed by atoms with van der Waals surface area (Å²) < 4.78 is 48.5. The number of fused-ring (bicyclic) bond motifs is 20. The predicted octanol–water partition coefficient (Wildman–Crippen LogP) is 27.4. The summed E-state index contributed by atoms with van der Waals surface area (Å²) in [6.45, 7) is 44.8. The fourth-order valence-electron chi connectivity index (χ4n) is 15.8. The first-order chi connectivity index (χ1) is 53.8. The van der Waals surface area contributed by atoms with Crippen LogP contribution >= 0.6 is 0 Å². The molecular weight excluding hydrogens is 1390 g/mol. The predicted molar refractivity (Wildman–Crippen MR) is 471 cm³/mol. The molecule has 1 unspecified atom stereocenters. The lowest BCUT2D eigenvalue weighted by molar-refractivity contribution is 0.0536. The zero-order chi connectivity index (χ0) is 80.4. The van der Waals surface area contributed by atoms with E-state index in [1.54, 1.807) is 0 Å². The molecule has 9 rings (SSSR count). The van der Waals surface area contributed by atoms with Gasteiger partial charge in [-0.1, -0.05) is 240 Å². The number of aliphatic hydroxyl groups excluding tert-OH is 2. The van der Waals surface area contributed by atoms with E-state index in [1.807, 2.05) is 12.1 Å². The first kappa shape index (κ1) is 89.0. The molecule has 4 aromatic carbocycles. The quantitative estimate of drug-likeness (QED) is 0.0287. The molecule has 0 amide bonds. The van der Waals surface area contributed by atoms with E-state index in [2.05, 4.69) is 201 Å². The summed E-state index contributed by atoms with van der Waals surface area (Å²) in [7, 11) is 0. The zero-order valence-corrected chi connectivity index (χ0v) is 72.8. The molecule has 13 heteroatoms. The summed E-state index contributed by atoms with van der Waals surface area (Å²) in [5.41, 5.74) is 10.1. The zero-order valence-electron chi connectivity index (χ0n) is 72.8. The highest BCUT2D eigenvalue weighted by Crippen LogP contribution is 2.48. The molecule has 7 aromatic rings. The van der Waals surface area contributed by atoms with Crippen LogP contribution in [0.4, 0.5) is 0 Å². The Labute approximate surface area is 676 Å². The van der Waals surface area contributed by atoms with Gasteiger partial charge in [0.05, 0.1) is 69.0 Å². The fraction of sp³-hybridized carbons (Fsp3) is 0.636. The van der Waals surface area contributed by atoms with Crippen molar-refractivity contribution in [3.63, 3.8) is 0 Å². The van der Waals surface area contributed by atoms with Crippen LogP contribution in [0.3, 0.4) is 0 Å². The smallest absolute Gasteiger partial charge is 0.161 e. The van der Waals surface area contributed by atoms with Crippen molar-refractivity contribution in [3.8, 4) is 85.3 Å². The first-order valence-electron chi connectivity index (χ1n) is 44.5. The van der Waals surface area contributed by atoms with Crippen molar-refractivity contribution >= 4 is 43.6 Å². The lowest BCUT2D eigenvalue weighted by atomic mass is 9.97. The summed E-state index contributed by atoms with van der Waals surface area (Å²) in [6, 6.07) is 27.9. The molecule has 618 valence electrons. The van der Waals surface area contributed by atoms with Crippen LogP contribution in [0.5, 0.6) is 40.2 Å². The number of nitrogens with one attached hydrogen (secondary N) is 2. The maximum atomic E-state index is 10.6. The van der Waals surface area contributed by atoms with Crippen molar-refractivity contribution in [1.29, 1.82) is 0 Å². The van der Waals surface area contributed by atoms with E-state index in [9.17, 15) is 10.2 Å². The monoisotopic (exact) mass is 1540 g/mol. The van der Waals surface area contributed by atoms with E-state index < -0.39 is 12.7 Å². The number of hydrogen-bond acceptors (Lipinski definition) is 11. The molecule has 2 aliphatic heterocycles. The van der Waals surface area contributed by atoms with Gasteiger partial charge in [-0.2, -0.15) is 0 Å². The molecule has 0 saturated heterocycles. The minimum atomic E-state index is -1.05. The average molecular weight is 1540 g/mol. The van der Waals surface area contributed by atoms with Crippen LogP contribution < -0.4 is 33.2 Å². The van der Waals surface area contributed by atoms with E-state index in [0.29, 0.717) is 122 Å². The lowest BCUT2D eigenvalue weighted by Gasteiger charge is -2.18.